The molecule has 3 atom stereocenters. The monoisotopic (exact) mass is 364 g/mol. The van der Waals surface area contributed by atoms with Crippen molar-refractivity contribution in [2.24, 2.45) is 17.6 Å². The van der Waals surface area contributed by atoms with Crippen LogP contribution in [0.2, 0.25) is 0 Å². The Morgan fingerprint density at radius 2 is 2.22 bits per heavy atom. The van der Waals surface area contributed by atoms with Gasteiger partial charge in [0, 0.05) is 36.7 Å². The zero-order valence-corrected chi connectivity index (χ0v) is 16.2. The molecule has 1 aromatic rings. The first-order chi connectivity index (χ1) is 12.8. The molecule has 27 heavy (non-hydrogen) atoms. The van der Waals surface area contributed by atoms with Crippen LogP contribution in [0.5, 0.6) is 0 Å². The molecule has 0 spiro atoms. The minimum absolute atomic E-state index is 0.114. The fourth-order valence-corrected chi connectivity index (χ4v) is 4.85. The highest BCUT2D eigenvalue weighted by Gasteiger charge is 2.46. The van der Waals surface area contributed by atoms with Gasteiger partial charge in [-0.15, -0.1) is 0 Å². The maximum atomic E-state index is 12.9. The number of nitrogens with two attached hydrogens (primary N) is 1. The first kappa shape index (κ1) is 18.2. The van der Waals surface area contributed by atoms with E-state index in [1.807, 2.05) is 17.0 Å². The third-order valence-corrected chi connectivity index (χ3v) is 6.84. The Bertz CT molecular complexity index is 835. The van der Waals surface area contributed by atoms with Gasteiger partial charge in [-0.25, -0.2) is 0 Å². The predicted molar refractivity (Wildman–Crippen MR) is 104 cm³/mol. The molecule has 142 valence electrons. The molecule has 2 heterocycles. The minimum atomic E-state index is -0.247. The highest BCUT2D eigenvalue weighted by atomic mass is 16.2. The van der Waals surface area contributed by atoms with E-state index in [2.05, 4.69) is 31.0 Å². The number of carbonyl (C=O) groups is 1. The van der Waals surface area contributed by atoms with Gasteiger partial charge in [0.15, 0.2) is 0 Å². The largest absolute Gasteiger partial charge is 0.342 e. The zero-order chi connectivity index (χ0) is 19.2. The molecular weight excluding hydrogens is 336 g/mol. The van der Waals surface area contributed by atoms with Crippen molar-refractivity contribution in [3.63, 3.8) is 0 Å². The normalized spacial score (nSPS) is 31.5. The number of amides is 1. The van der Waals surface area contributed by atoms with Crippen LogP contribution in [-0.2, 0) is 10.2 Å². The molecule has 2 aliphatic carbocycles. The molecule has 0 radical (unpaired) electrons. The van der Waals surface area contributed by atoms with Gasteiger partial charge in [0.2, 0.25) is 5.91 Å². The van der Waals surface area contributed by atoms with Gasteiger partial charge in [0.25, 0.3) is 0 Å². The van der Waals surface area contributed by atoms with E-state index >= 15 is 0 Å². The van der Waals surface area contributed by atoms with Gasteiger partial charge in [-0.2, -0.15) is 5.26 Å². The van der Waals surface area contributed by atoms with Gasteiger partial charge in [0.1, 0.15) is 6.07 Å². The molecule has 1 saturated carbocycles. The second-order valence-corrected chi connectivity index (χ2v) is 9.13. The SMILES string of the molecule is C[C@H]1C[C@H](C2(C)CC=C(C#N)c3ncccc32)CN(C(=O)CC2(N)CC2)C1. The van der Waals surface area contributed by atoms with Crippen molar-refractivity contribution < 1.29 is 4.79 Å². The number of aromatic nitrogens is 1. The topological polar surface area (TPSA) is 83.0 Å². The van der Waals surface area contributed by atoms with Gasteiger partial charge in [-0.05, 0) is 49.1 Å². The maximum absolute atomic E-state index is 12.9. The third-order valence-electron chi connectivity index (χ3n) is 6.84. The molecule has 1 saturated heterocycles. The summed E-state index contributed by atoms with van der Waals surface area (Å²) in [6, 6.07) is 6.35. The van der Waals surface area contributed by atoms with Crippen LogP contribution in [0.4, 0.5) is 0 Å². The number of allylic oxidation sites excluding steroid dienone is 2. The average Bonchev–Trinajstić information content (AvgIpc) is 3.38. The number of likely N-dealkylation sites (tertiary alicyclic amines) is 1. The summed E-state index contributed by atoms with van der Waals surface area (Å²) >= 11 is 0. The average molecular weight is 364 g/mol. The lowest BCUT2D eigenvalue weighted by atomic mass is 9.62. The number of hydrogen-bond donors (Lipinski definition) is 1. The smallest absolute Gasteiger partial charge is 0.224 e. The van der Waals surface area contributed by atoms with Crippen LogP contribution in [0.25, 0.3) is 5.57 Å². The number of nitriles is 1. The van der Waals surface area contributed by atoms with E-state index < -0.39 is 0 Å². The van der Waals surface area contributed by atoms with Crippen molar-refractivity contribution in [1.82, 2.24) is 9.88 Å². The molecule has 1 aromatic heterocycles. The molecule has 2 fully saturated rings. The molecule has 0 bridgehead atoms. The molecule has 0 aromatic carbocycles. The van der Waals surface area contributed by atoms with E-state index in [1.54, 1.807) is 6.20 Å². The Labute approximate surface area is 161 Å². The van der Waals surface area contributed by atoms with Crippen LogP contribution in [0.1, 0.15) is 57.2 Å². The Hall–Kier alpha value is -2.19. The standard InChI is InChI=1S/C22H28N4O/c1-15-10-17(14-26(13-15)19(27)11-22(24)7-8-22)21(2)6-5-16(12-23)20-18(21)4-3-9-25-20/h3-5,9,15,17H,6-8,10-11,13-14,24H2,1-2H3/t15-,17-,21?/m0/s1. The van der Waals surface area contributed by atoms with Crippen LogP contribution in [0, 0.1) is 23.2 Å². The molecule has 5 heteroatoms. The van der Waals surface area contributed by atoms with Crippen molar-refractivity contribution in [2.45, 2.75) is 56.9 Å². The molecular formula is C22H28N4O. The van der Waals surface area contributed by atoms with Crippen LogP contribution >= 0.6 is 0 Å². The third kappa shape index (κ3) is 3.27. The summed E-state index contributed by atoms with van der Waals surface area (Å²) in [7, 11) is 0. The summed E-state index contributed by atoms with van der Waals surface area (Å²) in [6.45, 7) is 6.09. The van der Waals surface area contributed by atoms with Crippen molar-refractivity contribution in [3.8, 4) is 6.07 Å². The van der Waals surface area contributed by atoms with E-state index in [-0.39, 0.29) is 16.9 Å². The summed E-state index contributed by atoms with van der Waals surface area (Å²) in [6.07, 6.45) is 8.08. The first-order valence-electron chi connectivity index (χ1n) is 9.97. The predicted octanol–water partition coefficient (Wildman–Crippen LogP) is 3.02. The number of piperidine rings is 1. The Balaban J connectivity index is 1.61. The van der Waals surface area contributed by atoms with Crippen molar-refractivity contribution in [3.05, 3.63) is 35.7 Å². The Kier molecular flexibility index (Phi) is 4.35. The van der Waals surface area contributed by atoms with Gasteiger partial charge in [0.05, 0.1) is 11.3 Å². The number of hydrogen-bond acceptors (Lipinski definition) is 4. The van der Waals surface area contributed by atoms with Crippen molar-refractivity contribution in [2.75, 3.05) is 13.1 Å². The maximum Gasteiger partial charge on any atom is 0.224 e. The lowest BCUT2D eigenvalue weighted by molar-refractivity contribution is -0.135. The summed E-state index contributed by atoms with van der Waals surface area (Å²) in [5.74, 6) is 1.00. The Morgan fingerprint density at radius 1 is 1.44 bits per heavy atom. The molecule has 5 nitrogen and oxygen atoms in total. The number of nitrogens with zero attached hydrogens (tertiary/aromatic N) is 3. The van der Waals surface area contributed by atoms with Crippen LogP contribution in [0.15, 0.2) is 24.4 Å². The number of fused-ring (bicyclic) bond motifs is 1. The molecule has 4 rings (SSSR count). The van der Waals surface area contributed by atoms with E-state index in [4.69, 9.17) is 5.73 Å². The highest BCUT2D eigenvalue weighted by Crippen LogP contribution is 2.47. The molecule has 1 unspecified atom stereocenters. The second kappa shape index (κ2) is 6.45. The van der Waals surface area contributed by atoms with Gasteiger partial charge < -0.3 is 10.6 Å². The number of rotatable bonds is 3. The summed E-state index contributed by atoms with van der Waals surface area (Å²) in [4.78, 5) is 19.4. The number of pyridine rings is 1. The fourth-order valence-electron chi connectivity index (χ4n) is 4.85. The minimum Gasteiger partial charge on any atom is -0.342 e. The lowest BCUT2D eigenvalue weighted by Crippen LogP contribution is -2.51. The number of carbonyl (C=O) groups excluding carboxylic acids is 1. The summed E-state index contributed by atoms with van der Waals surface area (Å²) < 4.78 is 0. The summed E-state index contributed by atoms with van der Waals surface area (Å²) in [5.41, 5.74) is 8.45. The van der Waals surface area contributed by atoms with Crippen LogP contribution in [-0.4, -0.2) is 34.4 Å². The van der Waals surface area contributed by atoms with E-state index in [9.17, 15) is 10.1 Å². The van der Waals surface area contributed by atoms with E-state index in [1.165, 1.54) is 0 Å². The van der Waals surface area contributed by atoms with Gasteiger partial charge in [-0.1, -0.05) is 26.0 Å². The van der Waals surface area contributed by atoms with Crippen molar-refractivity contribution >= 4 is 11.5 Å². The second-order valence-electron chi connectivity index (χ2n) is 9.13. The first-order valence-corrected chi connectivity index (χ1v) is 9.97. The van der Waals surface area contributed by atoms with Crippen molar-refractivity contribution in [1.29, 1.82) is 5.26 Å². The molecule has 1 amide bonds. The van der Waals surface area contributed by atoms with Crippen LogP contribution < -0.4 is 5.73 Å². The molecule has 1 aliphatic heterocycles. The van der Waals surface area contributed by atoms with E-state index in [0.717, 1.165) is 50.0 Å². The fraction of sp³-hybridized carbons (Fsp3) is 0.591. The molecule has 3 aliphatic rings. The summed E-state index contributed by atoms with van der Waals surface area (Å²) in [5, 5.41) is 9.47. The Morgan fingerprint density at radius 3 is 2.93 bits per heavy atom. The molecule has 2 N–H and O–H groups in total. The highest BCUT2D eigenvalue weighted by molar-refractivity contribution is 5.79. The van der Waals surface area contributed by atoms with Crippen LogP contribution in [0.3, 0.4) is 0 Å². The quantitative estimate of drug-likeness (QED) is 0.894. The van der Waals surface area contributed by atoms with Gasteiger partial charge in [-0.3, -0.25) is 9.78 Å². The van der Waals surface area contributed by atoms with Gasteiger partial charge >= 0.3 is 0 Å². The lowest BCUT2D eigenvalue weighted by Gasteiger charge is -2.47. The zero-order valence-electron chi connectivity index (χ0n) is 16.2. The van der Waals surface area contributed by atoms with E-state index in [0.29, 0.717) is 23.8 Å².